The van der Waals surface area contributed by atoms with E-state index in [4.69, 9.17) is 23.2 Å². The van der Waals surface area contributed by atoms with E-state index >= 15 is 0 Å². The molecule has 0 bridgehead atoms. The van der Waals surface area contributed by atoms with E-state index in [1.165, 1.54) is 29.1 Å². The second-order valence-corrected chi connectivity index (χ2v) is 5.35. The van der Waals surface area contributed by atoms with Gasteiger partial charge in [-0.15, -0.1) is 0 Å². The number of hydrogen-bond donors (Lipinski definition) is 0. The van der Waals surface area contributed by atoms with Gasteiger partial charge in [-0.1, -0.05) is 23.2 Å². The highest BCUT2D eigenvalue weighted by Crippen LogP contribution is 2.54. The van der Waals surface area contributed by atoms with Gasteiger partial charge in [-0.25, -0.2) is 4.39 Å². The molecule has 0 radical (unpaired) electrons. The van der Waals surface area contributed by atoms with E-state index in [1.807, 2.05) is 0 Å². The van der Waals surface area contributed by atoms with Crippen molar-refractivity contribution < 1.29 is 30.7 Å². The molecule has 0 fully saturated rings. The van der Waals surface area contributed by atoms with Crippen molar-refractivity contribution in [3.05, 3.63) is 52.3 Å². The van der Waals surface area contributed by atoms with Gasteiger partial charge in [0.05, 0.1) is 15.7 Å². The predicted molar refractivity (Wildman–Crippen MR) is 70.7 cm³/mol. The third kappa shape index (κ3) is 2.89. The molecule has 0 aliphatic carbocycles. The molecule has 10 heteroatoms. The highest BCUT2D eigenvalue weighted by Gasteiger charge is 2.73. The van der Waals surface area contributed by atoms with Gasteiger partial charge in [0.2, 0.25) is 0 Å². The third-order valence-electron chi connectivity index (χ3n) is 3.06. The Labute approximate surface area is 135 Å². The van der Waals surface area contributed by atoms with Gasteiger partial charge in [-0.3, -0.25) is 0 Å². The van der Waals surface area contributed by atoms with Crippen LogP contribution in [0.3, 0.4) is 0 Å². The molecule has 1 nitrogen and oxygen atoms in total. The lowest BCUT2D eigenvalue weighted by atomic mass is 9.94. The van der Waals surface area contributed by atoms with Crippen molar-refractivity contribution in [3.63, 3.8) is 0 Å². The summed E-state index contributed by atoms with van der Waals surface area (Å²) in [5.74, 6) is 0. The lowest BCUT2D eigenvalue weighted by molar-refractivity contribution is -0.348. The standard InChI is InChI=1S/C13H6Cl2F7N/c14-8-5-7(11(16,12(17,18)19)13(20,21)22)6-9(15)10(8)23-3-1-2-4-23/h1-6H. The zero-order valence-electron chi connectivity index (χ0n) is 10.8. The lowest BCUT2D eigenvalue weighted by Gasteiger charge is -2.30. The zero-order chi connectivity index (χ0) is 17.6. The first-order chi connectivity index (χ1) is 10.4. The molecule has 1 aromatic heterocycles. The Bertz CT molecular complexity index is 667. The van der Waals surface area contributed by atoms with Gasteiger partial charge in [0.25, 0.3) is 0 Å². The topological polar surface area (TPSA) is 4.93 Å². The van der Waals surface area contributed by atoms with Crippen molar-refractivity contribution in [1.82, 2.24) is 4.57 Å². The number of nitrogens with zero attached hydrogens (tertiary/aromatic N) is 1. The lowest BCUT2D eigenvalue weighted by Crippen LogP contribution is -2.50. The molecular weight excluding hydrogens is 374 g/mol. The Balaban J connectivity index is 2.69. The maximum absolute atomic E-state index is 14.0. The minimum absolute atomic E-state index is 0.0613. The van der Waals surface area contributed by atoms with Crippen LogP contribution in [0.15, 0.2) is 36.7 Å². The quantitative estimate of drug-likeness (QED) is 0.557. The molecule has 0 aliphatic rings. The number of hydrogen-bond acceptors (Lipinski definition) is 0. The van der Waals surface area contributed by atoms with Crippen LogP contribution in [-0.2, 0) is 5.67 Å². The Kier molecular flexibility index (Phi) is 4.36. The zero-order valence-corrected chi connectivity index (χ0v) is 12.3. The first-order valence-electron chi connectivity index (χ1n) is 5.85. The van der Waals surface area contributed by atoms with E-state index in [2.05, 4.69) is 0 Å². The van der Waals surface area contributed by atoms with E-state index in [0.29, 0.717) is 0 Å². The van der Waals surface area contributed by atoms with Gasteiger partial charge in [0.15, 0.2) is 0 Å². The second kappa shape index (κ2) is 5.59. The molecule has 0 N–H and O–H groups in total. The highest BCUT2D eigenvalue weighted by molar-refractivity contribution is 6.37. The summed E-state index contributed by atoms with van der Waals surface area (Å²) in [4.78, 5) is 0. The fourth-order valence-electron chi connectivity index (χ4n) is 1.98. The Hall–Kier alpha value is -1.41. The molecule has 0 amide bonds. The molecule has 0 atom stereocenters. The first kappa shape index (κ1) is 17.9. The van der Waals surface area contributed by atoms with Crippen molar-refractivity contribution in [2.45, 2.75) is 18.0 Å². The molecule has 23 heavy (non-hydrogen) atoms. The predicted octanol–water partition coefficient (Wildman–Crippen LogP) is 6.07. The minimum Gasteiger partial charge on any atom is -0.321 e. The summed E-state index contributed by atoms with van der Waals surface area (Å²) < 4.78 is 91.7. The highest BCUT2D eigenvalue weighted by atomic mass is 35.5. The van der Waals surface area contributed by atoms with Crippen LogP contribution in [0, 0.1) is 0 Å². The number of alkyl halides is 7. The summed E-state index contributed by atoms with van der Waals surface area (Å²) >= 11 is 11.5. The average Bonchev–Trinajstić information content (AvgIpc) is 2.87. The van der Waals surface area contributed by atoms with Crippen molar-refractivity contribution in [2.75, 3.05) is 0 Å². The number of aromatic nitrogens is 1. The summed E-state index contributed by atoms with van der Waals surface area (Å²) in [5, 5.41) is -1.11. The minimum atomic E-state index is -6.23. The van der Waals surface area contributed by atoms with Gasteiger partial charge in [-0.2, -0.15) is 26.3 Å². The molecule has 2 rings (SSSR count). The average molecular weight is 380 g/mol. The van der Waals surface area contributed by atoms with Gasteiger partial charge in [0, 0.05) is 18.0 Å². The summed E-state index contributed by atoms with van der Waals surface area (Å²) in [6.45, 7) is 0. The Morgan fingerprint density at radius 1 is 0.739 bits per heavy atom. The first-order valence-corrected chi connectivity index (χ1v) is 6.60. The second-order valence-electron chi connectivity index (χ2n) is 4.53. The van der Waals surface area contributed by atoms with Crippen molar-refractivity contribution in [3.8, 4) is 5.69 Å². The van der Waals surface area contributed by atoms with Crippen LogP contribution in [-0.4, -0.2) is 16.9 Å². The third-order valence-corrected chi connectivity index (χ3v) is 3.63. The maximum Gasteiger partial charge on any atom is 0.435 e. The maximum atomic E-state index is 14.0. The molecule has 126 valence electrons. The smallest absolute Gasteiger partial charge is 0.321 e. The Morgan fingerprint density at radius 3 is 1.48 bits per heavy atom. The van der Waals surface area contributed by atoms with Crippen LogP contribution in [0.2, 0.25) is 10.0 Å². The molecule has 1 aromatic carbocycles. The molecule has 1 heterocycles. The number of rotatable bonds is 2. The normalized spacial score (nSPS) is 13.4. The van der Waals surface area contributed by atoms with Crippen molar-refractivity contribution >= 4 is 23.2 Å². The molecule has 0 unspecified atom stereocenters. The van der Waals surface area contributed by atoms with E-state index < -0.39 is 33.6 Å². The summed E-state index contributed by atoms with van der Waals surface area (Å²) in [6, 6.07) is 3.60. The van der Waals surface area contributed by atoms with Crippen LogP contribution in [0.25, 0.3) is 5.69 Å². The SMILES string of the molecule is FC(F)(F)C(F)(c1cc(Cl)c(-n2cccc2)c(Cl)c1)C(F)(F)F. The Morgan fingerprint density at radius 2 is 1.13 bits per heavy atom. The van der Waals surface area contributed by atoms with Crippen LogP contribution in [0.5, 0.6) is 0 Å². The molecule has 0 spiro atoms. The van der Waals surface area contributed by atoms with Crippen molar-refractivity contribution in [1.29, 1.82) is 0 Å². The van der Waals surface area contributed by atoms with Crippen LogP contribution < -0.4 is 0 Å². The van der Waals surface area contributed by atoms with Gasteiger partial charge >= 0.3 is 18.0 Å². The summed E-state index contributed by atoms with van der Waals surface area (Å²) in [5.41, 5.74) is -7.38. The van der Waals surface area contributed by atoms with E-state index in [1.54, 1.807) is 0 Å². The monoisotopic (exact) mass is 379 g/mol. The molecule has 0 aliphatic heterocycles. The molecular formula is C13H6Cl2F7N. The largest absolute Gasteiger partial charge is 0.435 e. The van der Waals surface area contributed by atoms with Gasteiger partial charge in [-0.05, 0) is 24.3 Å². The summed E-state index contributed by atoms with van der Waals surface area (Å²) in [6.07, 6.45) is -9.62. The molecule has 0 saturated carbocycles. The molecule has 0 saturated heterocycles. The van der Waals surface area contributed by atoms with Crippen molar-refractivity contribution in [2.24, 2.45) is 0 Å². The molecule has 2 aromatic rings. The van der Waals surface area contributed by atoms with E-state index in [0.717, 1.165) is 0 Å². The van der Waals surface area contributed by atoms with Gasteiger partial charge in [0.1, 0.15) is 0 Å². The van der Waals surface area contributed by atoms with Gasteiger partial charge < -0.3 is 4.57 Å². The fourth-order valence-corrected chi connectivity index (χ4v) is 2.66. The van der Waals surface area contributed by atoms with Crippen LogP contribution in [0.1, 0.15) is 5.56 Å². The number of benzene rings is 1. The fraction of sp³-hybridized carbons (Fsp3) is 0.231. The summed E-state index contributed by atoms with van der Waals surface area (Å²) in [7, 11) is 0. The van der Waals surface area contributed by atoms with Crippen LogP contribution in [0.4, 0.5) is 30.7 Å². The van der Waals surface area contributed by atoms with E-state index in [9.17, 15) is 30.7 Å². The van der Waals surface area contributed by atoms with Crippen LogP contribution >= 0.6 is 23.2 Å². The van der Waals surface area contributed by atoms with E-state index in [-0.39, 0.29) is 17.8 Å². The number of halogens is 9.